The number of thiazole rings is 1. The lowest BCUT2D eigenvalue weighted by Crippen LogP contribution is -2.11. The normalized spacial score (nSPS) is 10.4. The van der Waals surface area contributed by atoms with E-state index < -0.39 is 0 Å². The van der Waals surface area contributed by atoms with Gasteiger partial charge in [-0.2, -0.15) is 0 Å². The molecule has 0 unspecified atom stereocenters. The van der Waals surface area contributed by atoms with Gasteiger partial charge in [-0.3, -0.25) is 10.1 Å². The molecule has 0 spiro atoms. The zero-order chi connectivity index (χ0) is 21.6. The lowest BCUT2D eigenvalue weighted by molar-refractivity contribution is 0.102. The van der Waals surface area contributed by atoms with Gasteiger partial charge in [-0.25, -0.2) is 4.98 Å². The highest BCUT2D eigenvalue weighted by molar-refractivity contribution is 7.14. The Balaban J connectivity index is 1.46. The second-order valence-corrected chi connectivity index (χ2v) is 7.36. The number of hydrogen-bond acceptors (Lipinski definition) is 6. The van der Waals surface area contributed by atoms with Crippen molar-refractivity contribution in [3.63, 3.8) is 0 Å². The molecular formula is C24H20N2O4S. The number of rotatable bonds is 7. The molecule has 4 rings (SSSR count). The summed E-state index contributed by atoms with van der Waals surface area (Å²) in [7, 11) is 3.21. The molecule has 1 amide bonds. The third-order valence-corrected chi connectivity index (χ3v) is 5.26. The first-order chi connectivity index (χ1) is 15.2. The Hall–Kier alpha value is -3.84. The van der Waals surface area contributed by atoms with Gasteiger partial charge in [-0.05, 0) is 54.6 Å². The van der Waals surface area contributed by atoms with Crippen molar-refractivity contribution in [2.75, 3.05) is 19.5 Å². The molecule has 1 N–H and O–H groups in total. The van der Waals surface area contributed by atoms with Crippen LogP contribution in [0.5, 0.6) is 23.0 Å². The number of amides is 1. The van der Waals surface area contributed by atoms with Crippen LogP contribution in [0.3, 0.4) is 0 Å². The van der Waals surface area contributed by atoms with Gasteiger partial charge in [0.2, 0.25) is 0 Å². The second kappa shape index (κ2) is 9.32. The highest BCUT2D eigenvalue weighted by Gasteiger charge is 2.14. The minimum atomic E-state index is -0.246. The van der Waals surface area contributed by atoms with Crippen molar-refractivity contribution in [3.8, 4) is 34.3 Å². The van der Waals surface area contributed by atoms with Gasteiger partial charge in [0.15, 0.2) is 5.13 Å². The average molecular weight is 433 g/mol. The Bertz CT molecular complexity index is 1170. The third kappa shape index (κ3) is 4.84. The van der Waals surface area contributed by atoms with E-state index in [-0.39, 0.29) is 5.91 Å². The molecule has 1 aromatic heterocycles. The molecule has 0 saturated heterocycles. The quantitative estimate of drug-likeness (QED) is 0.395. The van der Waals surface area contributed by atoms with Crippen LogP contribution in [0.15, 0.2) is 78.2 Å². The number of benzene rings is 3. The summed E-state index contributed by atoms with van der Waals surface area (Å²) in [5.74, 6) is 2.53. The molecule has 0 fully saturated rings. The van der Waals surface area contributed by atoms with Gasteiger partial charge < -0.3 is 14.2 Å². The maximum absolute atomic E-state index is 12.6. The Kier molecular flexibility index (Phi) is 6.14. The zero-order valence-corrected chi connectivity index (χ0v) is 17.8. The number of anilines is 1. The Morgan fingerprint density at radius 3 is 2.29 bits per heavy atom. The van der Waals surface area contributed by atoms with Gasteiger partial charge in [-0.15, -0.1) is 11.3 Å². The standard InChI is InChI=1S/C24H20N2O4S/c1-28-19-12-13-22(29-2)20(14-19)21-15-31-24(25-21)26-23(27)16-8-10-18(11-9-16)30-17-6-4-3-5-7-17/h3-15H,1-2H3,(H,25,26,27). The number of carbonyl (C=O) groups excluding carboxylic acids is 1. The van der Waals surface area contributed by atoms with Crippen molar-refractivity contribution < 1.29 is 19.0 Å². The lowest BCUT2D eigenvalue weighted by atomic mass is 10.1. The van der Waals surface area contributed by atoms with Gasteiger partial charge in [0.1, 0.15) is 23.0 Å². The summed E-state index contributed by atoms with van der Waals surface area (Å²) in [4.78, 5) is 17.2. The Morgan fingerprint density at radius 2 is 1.58 bits per heavy atom. The van der Waals surface area contributed by atoms with Crippen LogP contribution in [0.2, 0.25) is 0 Å². The molecule has 0 saturated carbocycles. The van der Waals surface area contributed by atoms with E-state index in [4.69, 9.17) is 14.2 Å². The number of nitrogens with one attached hydrogen (secondary N) is 1. The third-order valence-electron chi connectivity index (χ3n) is 4.50. The monoisotopic (exact) mass is 432 g/mol. The minimum Gasteiger partial charge on any atom is -0.497 e. The van der Waals surface area contributed by atoms with Crippen molar-refractivity contribution in [1.29, 1.82) is 0 Å². The first-order valence-electron chi connectivity index (χ1n) is 9.48. The molecule has 0 aliphatic heterocycles. The lowest BCUT2D eigenvalue weighted by Gasteiger charge is -2.08. The van der Waals surface area contributed by atoms with Gasteiger partial charge in [0.05, 0.1) is 19.9 Å². The number of nitrogens with zero attached hydrogens (tertiary/aromatic N) is 1. The second-order valence-electron chi connectivity index (χ2n) is 6.50. The largest absolute Gasteiger partial charge is 0.497 e. The summed E-state index contributed by atoms with van der Waals surface area (Å²) in [6, 6.07) is 21.9. The topological polar surface area (TPSA) is 69.7 Å². The molecule has 0 aliphatic carbocycles. The van der Waals surface area contributed by atoms with Crippen molar-refractivity contribution in [2.45, 2.75) is 0 Å². The maximum atomic E-state index is 12.6. The van der Waals surface area contributed by atoms with Crippen LogP contribution in [0.1, 0.15) is 10.4 Å². The predicted octanol–water partition coefficient (Wildman–Crippen LogP) is 5.87. The predicted molar refractivity (Wildman–Crippen MR) is 122 cm³/mol. The van der Waals surface area contributed by atoms with Crippen LogP contribution < -0.4 is 19.5 Å². The van der Waals surface area contributed by atoms with Crippen molar-refractivity contribution >= 4 is 22.4 Å². The van der Waals surface area contributed by atoms with Crippen molar-refractivity contribution in [3.05, 3.63) is 83.7 Å². The van der Waals surface area contributed by atoms with E-state index in [9.17, 15) is 4.79 Å². The smallest absolute Gasteiger partial charge is 0.257 e. The molecule has 6 nitrogen and oxygen atoms in total. The van der Waals surface area contributed by atoms with Gasteiger partial charge in [-0.1, -0.05) is 18.2 Å². The average Bonchev–Trinajstić information content (AvgIpc) is 3.28. The number of hydrogen-bond donors (Lipinski definition) is 1. The van der Waals surface area contributed by atoms with E-state index in [1.165, 1.54) is 11.3 Å². The molecule has 3 aromatic carbocycles. The molecule has 1 heterocycles. The van der Waals surface area contributed by atoms with Crippen molar-refractivity contribution in [1.82, 2.24) is 4.98 Å². The van der Waals surface area contributed by atoms with Crippen molar-refractivity contribution in [2.24, 2.45) is 0 Å². The number of para-hydroxylation sites is 1. The summed E-state index contributed by atoms with van der Waals surface area (Å²) in [6.07, 6.45) is 0. The van der Waals surface area contributed by atoms with E-state index in [0.717, 1.165) is 11.3 Å². The first kappa shape index (κ1) is 20.4. The van der Waals surface area contributed by atoms with E-state index in [2.05, 4.69) is 10.3 Å². The Labute approximate surface area is 184 Å². The number of carbonyl (C=O) groups is 1. The molecule has 31 heavy (non-hydrogen) atoms. The highest BCUT2D eigenvalue weighted by atomic mass is 32.1. The van der Waals surface area contributed by atoms with E-state index in [0.29, 0.717) is 33.6 Å². The summed E-state index contributed by atoms with van der Waals surface area (Å²) in [5, 5.41) is 5.20. The van der Waals surface area contributed by atoms with Gasteiger partial charge >= 0.3 is 0 Å². The molecule has 7 heteroatoms. The number of ether oxygens (including phenoxy) is 3. The molecule has 4 aromatic rings. The van der Waals surface area contributed by atoms with Crippen LogP contribution in [-0.2, 0) is 0 Å². The zero-order valence-electron chi connectivity index (χ0n) is 17.0. The van der Waals surface area contributed by atoms with Crippen LogP contribution in [-0.4, -0.2) is 25.1 Å². The summed E-state index contributed by atoms with van der Waals surface area (Å²) < 4.78 is 16.5. The summed E-state index contributed by atoms with van der Waals surface area (Å²) >= 11 is 1.34. The van der Waals surface area contributed by atoms with Gasteiger partial charge in [0, 0.05) is 16.5 Å². The minimum absolute atomic E-state index is 0.246. The maximum Gasteiger partial charge on any atom is 0.257 e. The number of aromatic nitrogens is 1. The molecule has 0 atom stereocenters. The fourth-order valence-corrected chi connectivity index (χ4v) is 3.64. The molecule has 0 bridgehead atoms. The van der Waals surface area contributed by atoms with Gasteiger partial charge in [0.25, 0.3) is 5.91 Å². The molecule has 0 aliphatic rings. The molecule has 156 valence electrons. The van der Waals surface area contributed by atoms with Crippen LogP contribution in [0.25, 0.3) is 11.3 Å². The van der Waals surface area contributed by atoms with Crippen LogP contribution >= 0.6 is 11.3 Å². The van der Waals surface area contributed by atoms with E-state index in [1.54, 1.807) is 38.5 Å². The molecule has 0 radical (unpaired) electrons. The van der Waals surface area contributed by atoms with E-state index >= 15 is 0 Å². The van der Waals surface area contributed by atoms with Crippen LogP contribution in [0, 0.1) is 0 Å². The fourth-order valence-electron chi connectivity index (χ4n) is 2.94. The fraction of sp³-hybridized carbons (Fsp3) is 0.0833. The first-order valence-corrected chi connectivity index (χ1v) is 10.4. The van der Waals surface area contributed by atoms with E-state index in [1.807, 2.05) is 53.9 Å². The Morgan fingerprint density at radius 1 is 0.871 bits per heavy atom. The van der Waals surface area contributed by atoms with Crippen LogP contribution in [0.4, 0.5) is 5.13 Å². The number of methoxy groups -OCH3 is 2. The summed E-state index contributed by atoms with van der Waals surface area (Å²) in [5.41, 5.74) is 2.00. The summed E-state index contributed by atoms with van der Waals surface area (Å²) in [6.45, 7) is 0. The molecular weight excluding hydrogens is 412 g/mol. The highest BCUT2D eigenvalue weighted by Crippen LogP contribution is 2.35. The SMILES string of the molecule is COc1ccc(OC)c(-c2csc(NC(=O)c3ccc(Oc4ccccc4)cc3)n2)c1.